The first-order chi connectivity index (χ1) is 8.68. The molecule has 6 heteroatoms. The number of benzene rings is 1. The van der Waals surface area contributed by atoms with Crippen molar-refractivity contribution in [3.8, 4) is 0 Å². The van der Waals surface area contributed by atoms with Crippen LogP contribution in [0.2, 0.25) is 0 Å². The lowest BCUT2D eigenvalue weighted by atomic mass is 10.1. The Balaban J connectivity index is 2.14. The van der Waals surface area contributed by atoms with Crippen molar-refractivity contribution in [3.63, 3.8) is 0 Å². The van der Waals surface area contributed by atoms with Crippen LogP contribution in [-0.4, -0.2) is 29.4 Å². The number of primary amides is 1. The molecule has 94 valence electrons. The van der Waals surface area contributed by atoms with Gasteiger partial charge < -0.3 is 15.8 Å². The Morgan fingerprint density at radius 1 is 1.33 bits per heavy atom. The lowest BCUT2D eigenvalue weighted by molar-refractivity contribution is 0.161. The SMILES string of the molecule is Cc1nnc(NCCOC(N)=O)c2ccccc12. The zero-order valence-electron chi connectivity index (χ0n) is 10.0. The second kappa shape index (κ2) is 5.31. The Labute approximate surface area is 104 Å². The summed E-state index contributed by atoms with van der Waals surface area (Å²) in [6.07, 6.45) is -0.781. The molecule has 1 aromatic heterocycles. The molecule has 1 aromatic carbocycles. The Kier molecular flexibility index (Phi) is 3.57. The molecule has 0 aliphatic rings. The van der Waals surface area contributed by atoms with Crippen LogP contribution in [0, 0.1) is 6.92 Å². The van der Waals surface area contributed by atoms with Crippen molar-refractivity contribution in [2.24, 2.45) is 5.73 Å². The molecule has 6 nitrogen and oxygen atoms in total. The molecule has 0 atom stereocenters. The number of hydrogen-bond donors (Lipinski definition) is 2. The largest absolute Gasteiger partial charge is 0.448 e. The topological polar surface area (TPSA) is 90.1 Å². The van der Waals surface area contributed by atoms with Crippen LogP contribution < -0.4 is 11.1 Å². The lowest BCUT2D eigenvalue weighted by Crippen LogP contribution is -2.18. The summed E-state index contributed by atoms with van der Waals surface area (Å²) in [5.41, 5.74) is 5.74. The number of nitrogens with two attached hydrogens (primary N) is 1. The molecule has 2 rings (SSSR count). The van der Waals surface area contributed by atoms with E-state index in [0.29, 0.717) is 12.4 Å². The third kappa shape index (κ3) is 2.65. The molecule has 0 spiro atoms. The summed E-state index contributed by atoms with van der Waals surface area (Å²) in [6.45, 7) is 2.54. The Bertz CT molecular complexity index is 571. The summed E-state index contributed by atoms with van der Waals surface area (Å²) in [7, 11) is 0. The minimum absolute atomic E-state index is 0.194. The number of nitrogens with zero attached hydrogens (tertiary/aromatic N) is 2. The Hall–Kier alpha value is -2.37. The highest BCUT2D eigenvalue weighted by Gasteiger charge is 2.05. The van der Waals surface area contributed by atoms with E-state index in [0.717, 1.165) is 16.5 Å². The van der Waals surface area contributed by atoms with Crippen molar-refractivity contribution < 1.29 is 9.53 Å². The average molecular weight is 246 g/mol. The van der Waals surface area contributed by atoms with E-state index in [1.165, 1.54) is 0 Å². The highest BCUT2D eigenvalue weighted by Crippen LogP contribution is 2.21. The first kappa shape index (κ1) is 12.1. The molecule has 0 radical (unpaired) electrons. The average Bonchev–Trinajstić information content (AvgIpc) is 2.37. The van der Waals surface area contributed by atoms with Crippen molar-refractivity contribution >= 4 is 22.7 Å². The monoisotopic (exact) mass is 246 g/mol. The number of anilines is 1. The minimum Gasteiger partial charge on any atom is -0.448 e. The number of ether oxygens (including phenoxy) is 1. The van der Waals surface area contributed by atoms with Crippen molar-refractivity contribution in [2.75, 3.05) is 18.5 Å². The van der Waals surface area contributed by atoms with E-state index in [2.05, 4.69) is 20.3 Å². The molecule has 18 heavy (non-hydrogen) atoms. The highest BCUT2D eigenvalue weighted by molar-refractivity contribution is 5.92. The number of fused-ring (bicyclic) bond motifs is 1. The van der Waals surface area contributed by atoms with Crippen LogP contribution in [0.25, 0.3) is 10.8 Å². The molecular weight excluding hydrogens is 232 g/mol. The van der Waals surface area contributed by atoms with Crippen LogP contribution in [0.1, 0.15) is 5.69 Å². The van der Waals surface area contributed by atoms with Gasteiger partial charge in [-0.15, -0.1) is 5.10 Å². The van der Waals surface area contributed by atoms with Crippen molar-refractivity contribution in [1.29, 1.82) is 0 Å². The molecule has 0 aliphatic carbocycles. The van der Waals surface area contributed by atoms with Gasteiger partial charge in [0.05, 0.1) is 12.2 Å². The normalized spacial score (nSPS) is 10.3. The molecule has 0 aliphatic heterocycles. The maximum Gasteiger partial charge on any atom is 0.404 e. The molecule has 0 bridgehead atoms. The minimum atomic E-state index is -0.781. The molecule has 1 amide bonds. The standard InChI is InChI=1S/C12H14N4O2/c1-8-9-4-2-3-5-10(9)11(16-15-8)14-6-7-18-12(13)17/h2-5H,6-7H2,1H3,(H2,13,17)(H,14,16). The number of amides is 1. The van der Waals surface area contributed by atoms with Crippen molar-refractivity contribution in [2.45, 2.75) is 6.92 Å². The number of nitrogens with one attached hydrogen (secondary N) is 1. The fourth-order valence-corrected chi connectivity index (χ4v) is 1.69. The molecule has 0 saturated carbocycles. The number of carbonyl (C=O) groups is 1. The van der Waals surface area contributed by atoms with Gasteiger partial charge >= 0.3 is 6.09 Å². The Morgan fingerprint density at radius 3 is 2.78 bits per heavy atom. The van der Waals surface area contributed by atoms with E-state index >= 15 is 0 Å². The van der Waals surface area contributed by atoms with Gasteiger partial charge in [0.25, 0.3) is 0 Å². The smallest absolute Gasteiger partial charge is 0.404 e. The predicted molar refractivity (Wildman–Crippen MR) is 68.3 cm³/mol. The first-order valence-corrected chi connectivity index (χ1v) is 5.56. The summed E-state index contributed by atoms with van der Waals surface area (Å²) in [5, 5.41) is 13.3. The van der Waals surface area contributed by atoms with Crippen LogP contribution in [0.15, 0.2) is 24.3 Å². The lowest BCUT2D eigenvalue weighted by Gasteiger charge is -2.09. The van der Waals surface area contributed by atoms with Gasteiger partial charge in [-0.3, -0.25) is 0 Å². The maximum absolute atomic E-state index is 10.4. The van der Waals surface area contributed by atoms with E-state index in [9.17, 15) is 4.79 Å². The van der Waals surface area contributed by atoms with Crippen molar-refractivity contribution in [3.05, 3.63) is 30.0 Å². The van der Waals surface area contributed by atoms with E-state index in [1.54, 1.807) is 0 Å². The number of carbonyl (C=O) groups excluding carboxylic acids is 1. The molecule has 0 saturated heterocycles. The summed E-state index contributed by atoms with van der Waals surface area (Å²) in [5.74, 6) is 0.671. The van der Waals surface area contributed by atoms with Gasteiger partial charge in [-0.1, -0.05) is 24.3 Å². The fourth-order valence-electron chi connectivity index (χ4n) is 1.69. The molecule has 1 heterocycles. The first-order valence-electron chi connectivity index (χ1n) is 5.56. The molecule has 2 aromatic rings. The number of aromatic nitrogens is 2. The van der Waals surface area contributed by atoms with Crippen molar-refractivity contribution in [1.82, 2.24) is 10.2 Å². The molecule has 0 fully saturated rings. The second-order valence-corrected chi connectivity index (χ2v) is 3.77. The molecular formula is C12H14N4O2. The van der Waals surface area contributed by atoms with Gasteiger partial charge in [0.15, 0.2) is 5.82 Å². The van der Waals surface area contributed by atoms with E-state index < -0.39 is 6.09 Å². The Morgan fingerprint density at radius 2 is 2.06 bits per heavy atom. The number of hydrogen-bond acceptors (Lipinski definition) is 5. The van der Waals surface area contributed by atoms with E-state index in [4.69, 9.17) is 5.73 Å². The summed E-state index contributed by atoms with van der Waals surface area (Å²) < 4.78 is 4.63. The van der Waals surface area contributed by atoms with Gasteiger partial charge in [-0.25, -0.2) is 4.79 Å². The van der Waals surface area contributed by atoms with Gasteiger partial charge in [-0.05, 0) is 6.92 Å². The fraction of sp³-hybridized carbons (Fsp3) is 0.250. The molecule has 0 unspecified atom stereocenters. The highest BCUT2D eigenvalue weighted by atomic mass is 16.5. The number of rotatable bonds is 4. The van der Waals surface area contributed by atoms with Gasteiger partial charge in [0.1, 0.15) is 6.61 Å². The summed E-state index contributed by atoms with van der Waals surface area (Å²) >= 11 is 0. The van der Waals surface area contributed by atoms with Crippen LogP contribution >= 0.6 is 0 Å². The quantitative estimate of drug-likeness (QED) is 0.797. The van der Waals surface area contributed by atoms with Gasteiger partial charge in [-0.2, -0.15) is 5.10 Å². The summed E-state index contributed by atoms with van der Waals surface area (Å²) in [4.78, 5) is 10.4. The summed E-state index contributed by atoms with van der Waals surface area (Å²) in [6, 6.07) is 7.85. The number of aryl methyl sites for hydroxylation is 1. The van der Waals surface area contributed by atoms with Crippen LogP contribution in [0.5, 0.6) is 0 Å². The predicted octanol–water partition coefficient (Wildman–Crippen LogP) is 1.45. The zero-order chi connectivity index (χ0) is 13.0. The van der Waals surface area contributed by atoms with E-state index in [-0.39, 0.29) is 6.61 Å². The van der Waals surface area contributed by atoms with Crippen LogP contribution in [0.4, 0.5) is 10.6 Å². The van der Waals surface area contributed by atoms with Gasteiger partial charge in [0, 0.05) is 10.8 Å². The van der Waals surface area contributed by atoms with Crippen LogP contribution in [0.3, 0.4) is 0 Å². The van der Waals surface area contributed by atoms with E-state index in [1.807, 2.05) is 31.2 Å². The second-order valence-electron chi connectivity index (χ2n) is 3.77. The molecule has 3 N–H and O–H groups in total. The maximum atomic E-state index is 10.4. The third-order valence-corrected chi connectivity index (χ3v) is 2.51. The van der Waals surface area contributed by atoms with Crippen LogP contribution in [-0.2, 0) is 4.74 Å². The van der Waals surface area contributed by atoms with Gasteiger partial charge in [0.2, 0.25) is 0 Å². The third-order valence-electron chi connectivity index (χ3n) is 2.51. The zero-order valence-corrected chi connectivity index (χ0v) is 10.0.